The Labute approximate surface area is 92.5 Å². The van der Waals surface area contributed by atoms with Gasteiger partial charge in [-0.15, -0.1) is 0 Å². The smallest absolute Gasteiger partial charge is 0.114 e. The zero-order chi connectivity index (χ0) is 11.7. The molecule has 1 rings (SSSR count). The van der Waals surface area contributed by atoms with Crippen LogP contribution in [0.3, 0.4) is 0 Å². The van der Waals surface area contributed by atoms with Gasteiger partial charge >= 0.3 is 0 Å². The van der Waals surface area contributed by atoms with E-state index in [0.717, 1.165) is 18.6 Å². The quantitative estimate of drug-likeness (QED) is 0.578. The van der Waals surface area contributed by atoms with Crippen molar-refractivity contribution in [3.63, 3.8) is 0 Å². The summed E-state index contributed by atoms with van der Waals surface area (Å²) < 4.78 is 0. The molecule has 0 aromatic heterocycles. The van der Waals surface area contributed by atoms with Gasteiger partial charge in [0.2, 0.25) is 0 Å². The van der Waals surface area contributed by atoms with Crippen LogP contribution in [-0.2, 0) is 4.84 Å². The van der Waals surface area contributed by atoms with Crippen LogP contribution in [0.2, 0.25) is 0 Å². The van der Waals surface area contributed by atoms with Crippen molar-refractivity contribution in [1.29, 1.82) is 0 Å². The molecule has 1 saturated carbocycles. The lowest BCUT2D eigenvalue weighted by Gasteiger charge is -2.37. The minimum Gasteiger partial charge on any atom is -0.396 e. The predicted molar refractivity (Wildman–Crippen MR) is 61.9 cm³/mol. The summed E-state index contributed by atoms with van der Waals surface area (Å²) in [7, 11) is 0. The topological polar surface area (TPSA) is 41.8 Å². The second kappa shape index (κ2) is 4.12. The Bertz CT molecular complexity index is 256. The van der Waals surface area contributed by atoms with E-state index in [4.69, 9.17) is 4.84 Å². The van der Waals surface area contributed by atoms with Gasteiger partial charge in [0.15, 0.2) is 0 Å². The molecule has 1 aliphatic carbocycles. The molecule has 0 spiro atoms. The van der Waals surface area contributed by atoms with Crippen LogP contribution in [0.25, 0.3) is 0 Å². The third-order valence-corrected chi connectivity index (χ3v) is 4.02. The maximum atomic E-state index is 10.3. The molecule has 0 aromatic rings. The molecular weight excluding hydrogens is 190 g/mol. The van der Waals surface area contributed by atoms with Gasteiger partial charge < -0.3 is 9.94 Å². The molecule has 0 radical (unpaired) electrons. The minimum atomic E-state index is -0.597. The molecule has 1 fully saturated rings. The van der Waals surface area contributed by atoms with Crippen molar-refractivity contribution in [2.75, 3.05) is 6.61 Å². The summed E-state index contributed by atoms with van der Waals surface area (Å²) in [4.78, 5) is 5.08. The minimum absolute atomic E-state index is 0.127. The number of nitrogens with zero attached hydrogens (tertiary/aromatic N) is 1. The summed E-state index contributed by atoms with van der Waals surface area (Å²) in [6.07, 6.45) is 1.83. The van der Waals surface area contributed by atoms with Gasteiger partial charge in [0.1, 0.15) is 6.61 Å². The summed E-state index contributed by atoms with van der Waals surface area (Å²) >= 11 is 0. The predicted octanol–water partition coefficient (Wildman–Crippen LogP) is 2.59. The summed E-state index contributed by atoms with van der Waals surface area (Å²) in [6.45, 7) is 10.6. The van der Waals surface area contributed by atoms with Crippen molar-refractivity contribution in [2.45, 2.75) is 53.1 Å². The lowest BCUT2D eigenvalue weighted by Crippen LogP contribution is -2.41. The highest BCUT2D eigenvalue weighted by Gasteiger charge is 2.51. The van der Waals surface area contributed by atoms with E-state index in [1.165, 1.54) is 0 Å². The Morgan fingerprint density at radius 1 is 1.47 bits per heavy atom. The number of hydrogen-bond donors (Lipinski definition) is 1. The van der Waals surface area contributed by atoms with Crippen LogP contribution in [0.4, 0.5) is 0 Å². The molecule has 2 unspecified atom stereocenters. The molecule has 0 amide bonds. The fourth-order valence-corrected chi connectivity index (χ4v) is 2.44. The van der Waals surface area contributed by atoms with Crippen LogP contribution in [0.15, 0.2) is 5.16 Å². The van der Waals surface area contributed by atoms with Crippen molar-refractivity contribution < 1.29 is 9.94 Å². The molecule has 1 N–H and O–H groups in total. The van der Waals surface area contributed by atoms with Gasteiger partial charge in [0, 0.05) is 11.3 Å². The van der Waals surface area contributed by atoms with Crippen molar-refractivity contribution in [3.8, 4) is 0 Å². The third kappa shape index (κ3) is 2.17. The number of rotatable bonds is 3. The van der Waals surface area contributed by atoms with Crippen LogP contribution in [0, 0.1) is 11.3 Å². The highest BCUT2D eigenvalue weighted by atomic mass is 16.6. The first-order valence-electron chi connectivity index (χ1n) is 5.71. The van der Waals surface area contributed by atoms with E-state index in [1.807, 2.05) is 20.8 Å². The largest absolute Gasteiger partial charge is 0.396 e. The highest BCUT2D eigenvalue weighted by Crippen LogP contribution is 2.50. The van der Waals surface area contributed by atoms with Gasteiger partial charge in [-0.2, -0.15) is 0 Å². The number of aliphatic hydroxyl groups is 1. The number of oxime groups is 1. The van der Waals surface area contributed by atoms with Crippen molar-refractivity contribution in [3.05, 3.63) is 0 Å². The van der Waals surface area contributed by atoms with Crippen LogP contribution in [0.1, 0.15) is 47.5 Å². The van der Waals surface area contributed by atoms with Crippen molar-refractivity contribution >= 4 is 5.71 Å². The second-order valence-corrected chi connectivity index (χ2v) is 5.24. The molecule has 0 bridgehead atoms. The molecule has 2 atom stereocenters. The summed E-state index contributed by atoms with van der Waals surface area (Å²) in [5.41, 5.74) is 0.276. The Hall–Kier alpha value is -0.570. The second-order valence-electron chi connectivity index (χ2n) is 5.24. The molecule has 0 aliphatic heterocycles. The Morgan fingerprint density at radius 3 is 2.47 bits per heavy atom. The highest BCUT2D eigenvalue weighted by molar-refractivity contribution is 5.85. The van der Waals surface area contributed by atoms with Crippen molar-refractivity contribution in [1.82, 2.24) is 0 Å². The molecule has 3 heteroatoms. The van der Waals surface area contributed by atoms with Gasteiger partial charge in [0.25, 0.3) is 0 Å². The molecular formula is C12H23NO2. The summed E-state index contributed by atoms with van der Waals surface area (Å²) in [5.74, 6) is 0.319. The Morgan fingerprint density at radius 2 is 2.07 bits per heavy atom. The maximum Gasteiger partial charge on any atom is 0.114 e. The van der Waals surface area contributed by atoms with E-state index in [0.29, 0.717) is 12.5 Å². The van der Waals surface area contributed by atoms with E-state index >= 15 is 0 Å². The average molecular weight is 213 g/mol. The molecule has 0 aromatic carbocycles. The summed E-state index contributed by atoms with van der Waals surface area (Å²) in [6, 6.07) is 0. The molecule has 3 nitrogen and oxygen atoms in total. The Kier molecular flexibility index (Phi) is 3.44. The monoisotopic (exact) mass is 213 g/mol. The average Bonchev–Trinajstić information content (AvgIpc) is 2.33. The van der Waals surface area contributed by atoms with E-state index in [2.05, 4.69) is 19.0 Å². The first-order chi connectivity index (χ1) is 6.83. The Balaban J connectivity index is 2.81. The van der Waals surface area contributed by atoms with E-state index in [1.54, 1.807) is 0 Å². The maximum absolute atomic E-state index is 10.3. The summed E-state index contributed by atoms with van der Waals surface area (Å²) in [5, 5.41) is 14.4. The first-order valence-corrected chi connectivity index (χ1v) is 5.71. The van der Waals surface area contributed by atoms with Crippen LogP contribution >= 0.6 is 0 Å². The lowest BCUT2D eigenvalue weighted by atomic mass is 9.72. The van der Waals surface area contributed by atoms with Gasteiger partial charge in [0.05, 0.1) is 11.3 Å². The van der Waals surface area contributed by atoms with E-state index in [-0.39, 0.29) is 5.41 Å². The molecule has 15 heavy (non-hydrogen) atoms. The first kappa shape index (κ1) is 12.5. The molecule has 88 valence electrons. The lowest BCUT2D eigenvalue weighted by molar-refractivity contribution is -0.0336. The standard InChI is InChI=1S/C12H23NO2/c1-6-15-13-9(2)10-7-8-12(5,14)11(10,3)4/h10,14H,6-8H2,1-5H3. The molecule has 0 saturated heterocycles. The van der Waals surface area contributed by atoms with E-state index in [9.17, 15) is 5.11 Å². The van der Waals surface area contributed by atoms with Crippen molar-refractivity contribution in [2.24, 2.45) is 16.5 Å². The van der Waals surface area contributed by atoms with Crippen LogP contribution < -0.4 is 0 Å². The zero-order valence-corrected chi connectivity index (χ0v) is 10.5. The van der Waals surface area contributed by atoms with Gasteiger partial charge in [-0.3, -0.25) is 0 Å². The fraction of sp³-hybridized carbons (Fsp3) is 0.917. The van der Waals surface area contributed by atoms with Crippen LogP contribution in [-0.4, -0.2) is 23.0 Å². The third-order valence-electron chi connectivity index (χ3n) is 4.02. The fourth-order valence-electron chi connectivity index (χ4n) is 2.44. The zero-order valence-electron chi connectivity index (χ0n) is 10.5. The normalized spacial score (nSPS) is 35.6. The van der Waals surface area contributed by atoms with Gasteiger partial charge in [-0.1, -0.05) is 19.0 Å². The van der Waals surface area contributed by atoms with Gasteiger partial charge in [-0.05, 0) is 33.6 Å². The molecule has 0 heterocycles. The number of hydrogen-bond acceptors (Lipinski definition) is 3. The van der Waals surface area contributed by atoms with Crippen LogP contribution in [0.5, 0.6) is 0 Å². The SMILES string of the molecule is CCON=C(C)C1CCC(C)(O)C1(C)C. The molecule has 1 aliphatic rings. The van der Waals surface area contributed by atoms with E-state index < -0.39 is 5.60 Å². The van der Waals surface area contributed by atoms with Gasteiger partial charge in [-0.25, -0.2) is 0 Å².